The molecule has 0 spiro atoms. The largest absolute Gasteiger partial charge is 0.457 e. The number of cyclic esters (lactones) is 1. The van der Waals surface area contributed by atoms with Crippen molar-refractivity contribution in [1.29, 1.82) is 0 Å². The third-order valence-corrected chi connectivity index (χ3v) is 9.87. The van der Waals surface area contributed by atoms with Crippen molar-refractivity contribution in [2.45, 2.75) is 140 Å². The molecule has 0 aliphatic carbocycles. The van der Waals surface area contributed by atoms with E-state index in [9.17, 15) is 24.9 Å². The van der Waals surface area contributed by atoms with E-state index in [4.69, 9.17) is 18.9 Å². The van der Waals surface area contributed by atoms with Gasteiger partial charge in [-0.3, -0.25) is 9.59 Å². The third kappa shape index (κ3) is 12.2. The van der Waals surface area contributed by atoms with Gasteiger partial charge in [-0.2, -0.15) is 0 Å². The van der Waals surface area contributed by atoms with Crippen LogP contribution in [-0.4, -0.2) is 101 Å². The molecule has 12 atom stereocenters. The minimum absolute atomic E-state index is 0.0475. The molecule has 11 heteroatoms. The molecule has 5 N–H and O–H groups in total. The maximum Gasteiger partial charge on any atom is 0.309 e. The van der Waals surface area contributed by atoms with E-state index in [1.165, 1.54) is 6.92 Å². The fraction of sp³-hybridized carbons (Fsp3) is 0.684. The zero-order valence-electron chi connectivity index (χ0n) is 30.5. The summed E-state index contributed by atoms with van der Waals surface area (Å²) < 4.78 is 23.2. The smallest absolute Gasteiger partial charge is 0.309 e. The fourth-order valence-corrected chi connectivity index (χ4v) is 6.73. The molecule has 1 saturated heterocycles. The number of methoxy groups -OCH3 is 1. The van der Waals surface area contributed by atoms with Crippen molar-refractivity contribution in [2.24, 2.45) is 11.8 Å². The van der Waals surface area contributed by atoms with Crippen molar-refractivity contribution in [3.8, 4) is 0 Å². The highest BCUT2D eigenvalue weighted by Gasteiger charge is 2.54. The second-order valence-corrected chi connectivity index (χ2v) is 14.3. The van der Waals surface area contributed by atoms with Gasteiger partial charge < -0.3 is 44.9 Å². The lowest BCUT2D eigenvalue weighted by atomic mass is 9.87. The third-order valence-electron chi connectivity index (χ3n) is 9.87. The second-order valence-electron chi connectivity index (χ2n) is 14.3. The van der Waals surface area contributed by atoms with Gasteiger partial charge >= 0.3 is 11.9 Å². The molecule has 49 heavy (non-hydrogen) atoms. The summed E-state index contributed by atoms with van der Waals surface area (Å²) in [5, 5.41) is 40.3. The first-order chi connectivity index (χ1) is 23.1. The molecule has 0 saturated carbocycles. The van der Waals surface area contributed by atoms with Gasteiger partial charge in [0.2, 0.25) is 0 Å². The Bertz CT molecular complexity index is 1240. The highest BCUT2D eigenvalue weighted by molar-refractivity contribution is 5.70. The number of ether oxygens (including phenoxy) is 4. The molecule has 11 nitrogen and oxygen atoms in total. The molecule has 276 valence electrons. The maximum absolute atomic E-state index is 12.9. The van der Waals surface area contributed by atoms with E-state index in [1.54, 1.807) is 51.3 Å². The Morgan fingerprint density at radius 2 is 1.98 bits per heavy atom. The Morgan fingerprint density at radius 3 is 2.61 bits per heavy atom. The molecule has 3 heterocycles. The van der Waals surface area contributed by atoms with E-state index in [2.05, 4.69) is 30.6 Å². The van der Waals surface area contributed by atoms with E-state index in [0.29, 0.717) is 12.1 Å². The summed E-state index contributed by atoms with van der Waals surface area (Å²) in [5.41, 5.74) is -2.05. The highest BCUT2D eigenvalue weighted by Crippen LogP contribution is 2.39. The number of aliphatic hydroxyl groups is 3. The summed E-state index contributed by atoms with van der Waals surface area (Å²) in [6, 6.07) is -0.214. The predicted octanol–water partition coefficient (Wildman–Crippen LogP) is 3.79. The molecule has 0 bridgehead atoms. The number of aliphatic hydroxyl groups excluding tert-OH is 1. The Labute approximate surface area is 292 Å². The highest BCUT2D eigenvalue weighted by atomic mass is 16.6. The van der Waals surface area contributed by atoms with Gasteiger partial charge in [0.1, 0.15) is 23.9 Å². The van der Waals surface area contributed by atoms with E-state index < -0.39 is 47.5 Å². The zero-order valence-corrected chi connectivity index (χ0v) is 30.5. The van der Waals surface area contributed by atoms with E-state index in [0.717, 1.165) is 12.8 Å². The van der Waals surface area contributed by atoms with Gasteiger partial charge in [0, 0.05) is 31.9 Å². The minimum atomic E-state index is -1.45. The van der Waals surface area contributed by atoms with Crippen molar-refractivity contribution in [3.63, 3.8) is 0 Å². The van der Waals surface area contributed by atoms with Crippen LogP contribution in [0.15, 0.2) is 60.4 Å². The first-order valence-electron chi connectivity index (χ1n) is 17.6. The average molecular weight is 689 g/mol. The van der Waals surface area contributed by atoms with Gasteiger partial charge in [-0.1, -0.05) is 57.2 Å². The molecule has 1 fully saturated rings. The first kappa shape index (κ1) is 40.6. The maximum atomic E-state index is 12.9. The van der Waals surface area contributed by atoms with Crippen LogP contribution < -0.4 is 10.6 Å². The number of allylic oxidation sites excluding steroid dienone is 4. The number of dihydropyridines is 1. The number of nitrogens with one attached hydrogen (secondary N) is 2. The first-order valence-corrected chi connectivity index (χ1v) is 17.6. The SMILES string of the molecule is CC[C@H](OC)[C@@H](C)[C@H]1O[C@@H]1C(NCCC1C=CC=CN1)C(C)(O)/C=C/C=C(\C)C1OC(=O)C[C@H](O)CC[C@@](C)(O)[C@@H](OC(C)=O)/C=C/[C@@H]1C. The summed E-state index contributed by atoms with van der Waals surface area (Å²) in [6.45, 7) is 13.1. The molecule has 0 aromatic heterocycles. The number of carbonyl (C=O) groups excluding carboxylic acids is 2. The molecule has 3 aliphatic rings. The van der Waals surface area contributed by atoms with Crippen LogP contribution in [0.2, 0.25) is 0 Å². The Morgan fingerprint density at radius 1 is 1.24 bits per heavy atom. The van der Waals surface area contributed by atoms with Crippen LogP contribution in [0.25, 0.3) is 0 Å². The van der Waals surface area contributed by atoms with Crippen LogP contribution >= 0.6 is 0 Å². The normalized spacial score (nSPS) is 34.8. The van der Waals surface area contributed by atoms with Gasteiger partial charge in [-0.15, -0.1) is 0 Å². The summed E-state index contributed by atoms with van der Waals surface area (Å²) in [6.07, 6.45) is 15.4. The van der Waals surface area contributed by atoms with Crippen LogP contribution in [0.5, 0.6) is 0 Å². The summed E-state index contributed by atoms with van der Waals surface area (Å²) in [7, 11) is 1.71. The lowest BCUT2D eigenvalue weighted by Gasteiger charge is -2.32. The number of hydrogen-bond donors (Lipinski definition) is 5. The molecule has 0 aromatic rings. The minimum Gasteiger partial charge on any atom is -0.457 e. The Balaban J connectivity index is 1.82. The predicted molar refractivity (Wildman–Crippen MR) is 188 cm³/mol. The van der Waals surface area contributed by atoms with Crippen molar-refractivity contribution in [3.05, 3.63) is 60.4 Å². The van der Waals surface area contributed by atoms with E-state index in [-0.39, 0.29) is 55.5 Å². The van der Waals surface area contributed by atoms with E-state index in [1.807, 2.05) is 32.2 Å². The molecule has 3 rings (SSSR count). The molecule has 0 radical (unpaired) electrons. The average Bonchev–Trinajstić information content (AvgIpc) is 3.83. The second kappa shape index (κ2) is 18.4. The molecular weight excluding hydrogens is 628 g/mol. The summed E-state index contributed by atoms with van der Waals surface area (Å²) in [5.74, 6) is -1.33. The van der Waals surface area contributed by atoms with Crippen LogP contribution in [0.3, 0.4) is 0 Å². The van der Waals surface area contributed by atoms with Gasteiger partial charge in [0.05, 0.1) is 36.4 Å². The summed E-state index contributed by atoms with van der Waals surface area (Å²) in [4.78, 5) is 24.7. The molecule has 3 aliphatic heterocycles. The van der Waals surface area contributed by atoms with Crippen LogP contribution in [-0.2, 0) is 28.5 Å². The van der Waals surface area contributed by atoms with Crippen molar-refractivity contribution in [1.82, 2.24) is 10.6 Å². The van der Waals surface area contributed by atoms with Crippen molar-refractivity contribution >= 4 is 11.9 Å². The lowest BCUT2D eigenvalue weighted by molar-refractivity contribution is -0.157. The van der Waals surface area contributed by atoms with Gasteiger partial charge in [-0.25, -0.2) is 0 Å². The Kier molecular flexibility index (Phi) is 15.3. The zero-order chi connectivity index (χ0) is 36.4. The molecule has 4 unspecified atom stereocenters. The number of epoxide rings is 1. The van der Waals surface area contributed by atoms with Gasteiger partial charge in [-0.05, 0) is 76.9 Å². The quantitative estimate of drug-likeness (QED) is 0.0783. The van der Waals surface area contributed by atoms with Crippen LogP contribution in [0.4, 0.5) is 0 Å². The number of hydrogen-bond acceptors (Lipinski definition) is 11. The molecular formula is C38H60N2O9. The monoisotopic (exact) mass is 688 g/mol. The van der Waals surface area contributed by atoms with E-state index >= 15 is 0 Å². The standard InChI is InChI=1S/C38H60N2O9/c1-9-30(46-8)26(4)34-35(49-34)36(40-22-18-28-14-10-11-21-39-28)38(7,45)19-12-13-24(2)33-25(3)15-16-31(47-27(5)41)37(6,44)20-17-29(42)23-32(43)48-33/h10-16,19,21,25-26,28-31,33-36,39-40,42,44-45H,9,17-18,20,22-23H2,1-8H3/b16-15+,19-12+,24-13+/t25-,26+,28?,29+,30-,31-,33?,34+,35-,36?,37+,38?/m0/s1. The number of rotatable bonds is 14. The topological polar surface area (TPSA) is 159 Å². The van der Waals surface area contributed by atoms with Crippen molar-refractivity contribution < 1.29 is 43.9 Å². The van der Waals surface area contributed by atoms with Gasteiger partial charge in [0.15, 0.2) is 0 Å². The van der Waals surface area contributed by atoms with Crippen LogP contribution in [0, 0.1) is 11.8 Å². The molecule has 0 amide bonds. The van der Waals surface area contributed by atoms with Gasteiger partial charge in [0.25, 0.3) is 0 Å². The Hall–Kier alpha value is -2.80. The summed E-state index contributed by atoms with van der Waals surface area (Å²) >= 11 is 0. The van der Waals surface area contributed by atoms with Crippen LogP contribution in [0.1, 0.15) is 80.6 Å². The van der Waals surface area contributed by atoms with Crippen molar-refractivity contribution in [2.75, 3.05) is 13.7 Å². The number of esters is 2. The molecule has 0 aromatic carbocycles. The fourth-order valence-electron chi connectivity index (χ4n) is 6.73. The number of carbonyl (C=O) groups is 2. The lowest BCUT2D eigenvalue weighted by Crippen LogP contribution is -2.53.